The van der Waals surface area contributed by atoms with Gasteiger partial charge < -0.3 is 9.47 Å². The monoisotopic (exact) mass is 309 g/mol. The molecule has 21 heavy (non-hydrogen) atoms. The van der Waals surface area contributed by atoms with Gasteiger partial charge in [0.1, 0.15) is 0 Å². The summed E-state index contributed by atoms with van der Waals surface area (Å²) in [5.74, 6) is 0. The fraction of sp³-hybridized carbons (Fsp3) is 0.333. The van der Waals surface area contributed by atoms with Crippen molar-refractivity contribution in [3.8, 4) is 0 Å². The van der Waals surface area contributed by atoms with E-state index in [1.54, 1.807) is 25.1 Å². The molecular formula is C15H19NO4S. The standard InChI is InChI=1S/C15H19NO4S/c1-11(15(19-2)20-3)16-21(17,18)14-10-6-8-12-7-4-5-9-13(12)14/h4-11,15-16H,1-3H3. The smallest absolute Gasteiger partial charge is 0.241 e. The van der Waals surface area contributed by atoms with Crippen LogP contribution in [0.1, 0.15) is 6.92 Å². The predicted molar refractivity (Wildman–Crippen MR) is 81.5 cm³/mol. The first-order valence-corrected chi connectivity index (χ1v) is 8.03. The first-order chi connectivity index (χ1) is 9.99. The Bertz CT molecular complexity index is 705. The molecule has 0 aliphatic carbocycles. The van der Waals surface area contributed by atoms with E-state index in [0.717, 1.165) is 5.39 Å². The summed E-state index contributed by atoms with van der Waals surface area (Å²) >= 11 is 0. The van der Waals surface area contributed by atoms with Crippen LogP contribution in [0.5, 0.6) is 0 Å². The average molecular weight is 309 g/mol. The van der Waals surface area contributed by atoms with Gasteiger partial charge in [-0.2, -0.15) is 0 Å². The first kappa shape index (κ1) is 15.9. The van der Waals surface area contributed by atoms with Gasteiger partial charge in [-0.05, 0) is 18.4 Å². The third-order valence-corrected chi connectivity index (χ3v) is 4.87. The number of ether oxygens (including phenoxy) is 2. The highest BCUT2D eigenvalue weighted by molar-refractivity contribution is 7.89. The average Bonchev–Trinajstić information content (AvgIpc) is 2.47. The van der Waals surface area contributed by atoms with Gasteiger partial charge >= 0.3 is 0 Å². The number of rotatable bonds is 6. The minimum atomic E-state index is -3.66. The van der Waals surface area contributed by atoms with E-state index in [1.807, 2.05) is 24.3 Å². The normalized spacial score (nSPS) is 13.7. The number of nitrogens with one attached hydrogen (secondary N) is 1. The summed E-state index contributed by atoms with van der Waals surface area (Å²) in [6, 6.07) is 12.1. The molecule has 0 aromatic heterocycles. The molecule has 0 radical (unpaired) electrons. The molecule has 1 atom stereocenters. The number of methoxy groups -OCH3 is 2. The Hall–Kier alpha value is -1.47. The Morgan fingerprint density at radius 2 is 1.62 bits per heavy atom. The molecule has 1 N–H and O–H groups in total. The van der Waals surface area contributed by atoms with Gasteiger partial charge in [-0.1, -0.05) is 36.4 Å². The lowest BCUT2D eigenvalue weighted by atomic mass is 10.1. The van der Waals surface area contributed by atoms with Crippen molar-refractivity contribution in [2.24, 2.45) is 0 Å². The Morgan fingerprint density at radius 1 is 1.00 bits per heavy atom. The molecule has 0 aliphatic rings. The number of fused-ring (bicyclic) bond motifs is 1. The molecule has 0 spiro atoms. The summed E-state index contributed by atoms with van der Waals surface area (Å²) in [6.07, 6.45) is -0.644. The van der Waals surface area contributed by atoms with E-state index in [2.05, 4.69) is 4.72 Å². The molecule has 5 nitrogen and oxygen atoms in total. The van der Waals surface area contributed by atoms with Gasteiger partial charge in [0.15, 0.2) is 6.29 Å². The van der Waals surface area contributed by atoms with Gasteiger partial charge in [0, 0.05) is 19.6 Å². The molecule has 0 bridgehead atoms. The van der Waals surface area contributed by atoms with Crippen molar-refractivity contribution >= 4 is 20.8 Å². The lowest BCUT2D eigenvalue weighted by Gasteiger charge is -2.22. The van der Waals surface area contributed by atoms with Crippen LogP contribution in [0.3, 0.4) is 0 Å². The Kier molecular flexibility index (Phi) is 4.95. The molecule has 2 aromatic rings. The summed E-state index contributed by atoms with van der Waals surface area (Å²) in [7, 11) is -0.723. The lowest BCUT2D eigenvalue weighted by Crippen LogP contribution is -2.42. The van der Waals surface area contributed by atoms with E-state index in [1.165, 1.54) is 14.2 Å². The van der Waals surface area contributed by atoms with Crippen LogP contribution >= 0.6 is 0 Å². The number of benzene rings is 2. The zero-order chi connectivity index (χ0) is 15.5. The molecule has 0 saturated carbocycles. The Balaban J connectivity index is 2.38. The summed E-state index contributed by atoms with van der Waals surface area (Å²) < 4.78 is 37.9. The van der Waals surface area contributed by atoms with Crippen LogP contribution in [0.15, 0.2) is 47.4 Å². The zero-order valence-corrected chi connectivity index (χ0v) is 13.1. The minimum Gasteiger partial charge on any atom is -0.354 e. The predicted octanol–water partition coefficient (Wildman–Crippen LogP) is 2.13. The van der Waals surface area contributed by atoms with Crippen molar-refractivity contribution in [2.75, 3.05) is 14.2 Å². The van der Waals surface area contributed by atoms with Crippen molar-refractivity contribution in [3.63, 3.8) is 0 Å². The summed E-state index contributed by atoms with van der Waals surface area (Å²) in [6.45, 7) is 1.69. The van der Waals surface area contributed by atoms with Crippen molar-refractivity contribution in [1.82, 2.24) is 4.72 Å². The van der Waals surface area contributed by atoms with E-state index < -0.39 is 22.4 Å². The van der Waals surface area contributed by atoms with Gasteiger partial charge in [0.25, 0.3) is 0 Å². The first-order valence-electron chi connectivity index (χ1n) is 6.55. The van der Waals surface area contributed by atoms with E-state index in [9.17, 15) is 8.42 Å². The molecule has 0 aliphatic heterocycles. The van der Waals surface area contributed by atoms with Crippen molar-refractivity contribution < 1.29 is 17.9 Å². The molecule has 6 heteroatoms. The van der Waals surface area contributed by atoms with Crippen LogP contribution in [0.4, 0.5) is 0 Å². The van der Waals surface area contributed by atoms with Crippen molar-refractivity contribution in [3.05, 3.63) is 42.5 Å². The lowest BCUT2D eigenvalue weighted by molar-refractivity contribution is -0.115. The SMILES string of the molecule is COC(OC)C(C)NS(=O)(=O)c1cccc2ccccc12. The van der Waals surface area contributed by atoms with E-state index in [0.29, 0.717) is 5.39 Å². The van der Waals surface area contributed by atoms with Crippen LogP contribution in [0.2, 0.25) is 0 Å². The summed E-state index contributed by atoms with van der Waals surface area (Å²) in [4.78, 5) is 0.249. The van der Waals surface area contributed by atoms with E-state index in [-0.39, 0.29) is 4.90 Å². The molecule has 2 rings (SSSR count). The minimum absolute atomic E-state index is 0.249. The van der Waals surface area contributed by atoms with E-state index >= 15 is 0 Å². The van der Waals surface area contributed by atoms with Crippen molar-refractivity contribution in [2.45, 2.75) is 24.2 Å². The van der Waals surface area contributed by atoms with Crippen LogP contribution in [0, 0.1) is 0 Å². The third kappa shape index (κ3) is 3.41. The van der Waals surface area contributed by atoms with E-state index in [4.69, 9.17) is 9.47 Å². The Morgan fingerprint density at radius 3 is 2.29 bits per heavy atom. The fourth-order valence-corrected chi connectivity index (χ4v) is 3.76. The summed E-state index contributed by atoms with van der Waals surface area (Å²) in [5.41, 5.74) is 0. The second-order valence-corrected chi connectivity index (χ2v) is 6.41. The molecule has 0 saturated heterocycles. The fourth-order valence-electron chi connectivity index (χ4n) is 2.30. The van der Waals surface area contributed by atoms with Crippen LogP contribution in [0.25, 0.3) is 10.8 Å². The van der Waals surface area contributed by atoms with Crippen LogP contribution in [-0.2, 0) is 19.5 Å². The maximum atomic E-state index is 12.6. The molecular weight excluding hydrogens is 290 g/mol. The second kappa shape index (κ2) is 6.53. The van der Waals surface area contributed by atoms with Gasteiger partial charge in [-0.25, -0.2) is 13.1 Å². The molecule has 1 unspecified atom stereocenters. The van der Waals surface area contributed by atoms with Crippen LogP contribution in [-0.4, -0.2) is 35.0 Å². The maximum absolute atomic E-state index is 12.6. The zero-order valence-electron chi connectivity index (χ0n) is 12.2. The largest absolute Gasteiger partial charge is 0.354 e. The summed E-state index contributed by atoms with van der Waals surface area (Å²) in [5, 5.41) is 1.56. The van der Waals surface area contributed by atoms with Gasteiger partial charge in [-0.15, -0.1) is 0 Å². The molecule has 2 aromatic carbocycles. The van der Waals surface area contributed by atoms with Crippen LogP contribution < -0.4 is 4.72 Å². The molecule has 0 heterocycles. The number of sulfonamides is 1. The number of hydrogen-bond acceptors (Lipinski definition) is 4. The van der Waals surface area contributed by atoms with Gasteiger partial charge in [0.05, 0.1) is 10.9 Å². The molecule has 114 valence electrons. The molecule has 0 amide bonds. The highest BCUT2D eigenvalue weighted by Gasteiger charge is 2.24. The highest BCUT2D eigenvalue weighted by Crippen LogP contribution is 2.23. The molecule has 0 fully saturated rings. The Labute approximate surface area is 124 Å². The highest BCUT2D eigenvalue weighted by atomic mass is 32.2. The topological polar surface area (TPSA) is 64.6 Å². The van der Waals surface area contributed by atoms with Crippen molar-refractivity contribution in [1.29, 1.82) is 0 Å². The maximum Gasteiger partial charge on any atom is 0.241 e. The third-order valence-electron chi connectivity index (χ3n) is 3.25. The second-order valence-electron chi connectivity index (χ2n) is 4.73. The quantitative estimate of drug-likeness (QED) is 0.830. The van der Waals surface area contributed by atoms with Gasteiger partial charge in [0.2, 0.25) is 10.0 Å². The van der Waals surface area contributed by atoms with Gasteiger partial charge in [-0.3, -0.25) is 0 Å². The number of hydrogen-bond donors (Lipinski definition) is 1.